The fraction of sp³-hybridized carbons (Fsp3) is 0.185. The molecular weight excluding hydrogens is 530 g/mol. The van der Waals surface area contributed by atoms with Gasteiger partial charge >= 0.3 is 17.6 Å². The third-order valence-corrected chi connectivity index (χ3v) is 7.14. The number of ether oxygens (including phenoxy) is 3. The Morgan fingerprint density at radius 1 is 1.03 bits per heavy atom. The van der Waals surface area contributed by atoms with Crippen molar-refractivity contribution >= 4 is 40.7 Å². The first-order valence-corrected chi connectivity index (χ1v) is 13.0. The number of rotatable bonds is 7. The van der Waals surface area contributed by atoms with Crippen LogP contribution in [-0.4, -0.2) is 45.7 Å². The maximum Gasteiger partial charge on any atom is 0.351 e. The number of anilines is 1. The Morgan fingerprint density at radius 3 is 2.32 bits per heavy atom. The molecule has 4 atom stereocenters. The van der Waals surface area contributed by atoms with Gasteiger partial charge in [-0.25, -0.2) is 14.4 Å². The number of thiophene rings is 1. The van der Waals surface area contributed by atoms with Gasteiger partial charge in [-0.3, -0.25) is 4.57 Å². The molecule has 1 aliphatic rings. The lowest BCUT2D eigenvalue weighted by Crippen LogP contribution is -2.37. The summed E-state index contributed by atoms with van der Waals surface area (Å²) in [7, 11) is 0. The van der Waals surface area contributed by atoms with E-state index in [4.69, 9.17) is 31.5 Å². The fourth-order valence-electron chi connectivity index (χ4n) is 4.08. The Kier molecular flexibility index (Phi) is 7.54. The zero-order chi connectivity index (χ0) is 26.6. The third kappa shape index (κ3) is 5.33. The molecule has 0 amide bonds. The molecule has 2 N–H and O–H groups in total. The number of carbonyl (C=O) groups is 2. The fourth-order valence-corrected chi connectivity index (χ4v) is 5.13. The second kappa shape index (κ2) is 11.2. The van der Waals surface area contributed by atoms with Crippen LogP contribution in [0.4, 0.5) is 5.82 Å². The Hall–Kier alpha value is -3.99. The Bertz CT molecular complexity index is 1480. The number of nitrogens with zero attached hydrogens (tertiary/aromatic N) is 2. The van der Waals surface area contributed by atoms with Gasteiger partial charge in [-0.05, 0) is 46.7 Å². The van der Waals surface area contributed by atoms with E-state index in [1.54, 1.807) is 60.7 Å². The lowest BCUT2D eigenvalue weighted by molar-refractivity contribution is -0.0581. The SMILES string of the molecule is Nc1nc(=O)n([C@@H]2O[C@H](COC(=O)c3ccccc3)[C@@H](OC(=O)c3ccccc3)[C@H]2Cl)cc1-c1ccsc1. The summed E-state index contributed by atoms with van der Waals surface area (Å²) in [5.74, 6) is -1.15. The molecular formula is C27H22ClN3O6S. The van der Waals surface area contributed by atoms with Gasteiger partial charge in [-0.2, -0.15) is 16.3 Å². The van der Waals surface area contributed by atoms with Crippen LogP contribution in [0.25, 0.3) is 11.1 Å². The molecule has 0 radical (unpaired) electrons. The highest BCUT2D eigenvalue weighted by molar-refractivity contribution is 7.08. The van der Waals surface area contributed by atoms with E-state index in [0.717, 1.165) is 5.56 Å². The highest BCUT2D eigenvalue weighted by atomic mass is 35.5. The van der Waals surface area contributed by atoms with Crippen molar-refractivity contribution < 1.29 is 23.8 Å². The molecule has 11 heteroatoms. The van der Waals surface area contributed by atoms with Crippen molar-refractivity contribution in [3.63, 3.8) is 0 Å². The Morgan fingerprint density at radius 2 is 1.68 bits per heavy atom. The quantitative estimate of drug-likeness (QED) is 0.268. The Balaban J connectivity index is 1.43. The number of nitrogens with two attached hydrogens (primary N) is 1. The van der Waals surface area contributed by atoms with Crippen LogP contribution >= 0.6 is 22.9 Å². The van der Waals surface area contributed by atoms with Crippen molar-refractivity contribution in [1.82, 2.24) is 9.55 Å². The molecule has 3 heterocycles. The van der Waals surface area contributed by atoms with Crippen LogP contribution in [0.15, 0.2) is 88.5 Å². The van der Waals surface area contributed by atoms with Gasteiger partial charge < -0.3 is 19.9 Å². The van der Waals surface area contributed by atoms with Gasteiger partial charge in [0.25, 0.3) is 0 Å². The normalized spacial score (nSPS) is 20.7. The zero-order valence-electron chi connectivity index (χ0n) is 19.8. The molecule has 2 aromatic heterocycles. The molecule has 0 unspecified atom stereocenters. The number of aromatic nitrogens is 2. The number of hydrogen-bond acceptors (Lipinski definition) is 9. The van der Waals surface area contributed by atoms with Crippen LogP contribution in [0.2, 0.25) is 0 Å². The summed E-state index contributed by atoms with van der Waals surface area (Å²) in [5.41, 5.74) is 7.29. The monoisotopic (exact) mass is 551 g/mol. The molecule has 2 aromatic carbocycles. The molecule has 1 fully saturated rings. The van der Waals surface area contributed by atoms with Gasteiger partial charge in [0.15, 0.2) is 12.3 Å². The van der Waals surface area contributed by atoms with Crippen LogP contribution in [0.3, 0.4) is 0 Å². The molecule has 38 heavy (non-hydrogen) atoms. The van der Waals surface area contributed by atoms with Crippen molar-refractivity contribution in [2.24, 2.45) is 0 Å². The molecule has 4 aromatic rings. The topological polar surface area (TPSA) is 123 Å². The third-order valence-electron chi connectivity index (χ3n) is 6.00. The molecule has 1 saturated heterocycles. The minimum atomic E-state index is -1.08. The van der Waals surface area contributed by atoms with Crippen LogP contribution in [0.5, 0.6) is 0 Å². The van der Waals surface area contributed by atoms with Gasteiger partial charge in [0.05, 0.1) is 11.1 Å². The summed E-state index contributed by atoms with van der Waals surface area (Å²) < 4.78 is 18.5. The van der Waals surface area contributed by atoms with Gasteiger partial charge in [0.1, 0.15) is 23.9 Å². The van der Waals surface area contributed by atoms with E-state index in [0.29, 0.717) is 16.7 Å². The molecule has 5 rings (SSSR count). The molecule has 0 aliphatic carbocycles. The summed E-state index contributed by atoms with van der Waals surface area (Å²) in [4.78, 5) is 42.2. The minimum Gasteiger partial charge on any atom is -0.459 e. The molecule has 9 nitrogen and oxygen atoms in total. The Labute approximate surface area is 226 Å². The van der Waals surface area contributed by atoms with E-state index in [-0.39, 0.29) is 12.4 Å². The van der Waals surface area contributed by atoms with E-state index in [2.05, 4.69) is 4.98 Å². The summed E-state index contributed by atoms with van der Waals surface area (Å²) in [6.07, 6.45) is -1.58. The minimum absolute atomic E-state index is 0.0640. The van der Waals surface area contributed by atoms with E-state index < -0.39 is 41.4 Å². The number of carbonyl (C=O) groups excluding carboxylic acids is 2. The summed E-state index contributed by atoms with van der Waals surface area (Å²) >= 11 is 8.23. The van der Waals surface area contributed by atoms with Crippen molar-refractivity contribution in [3.8, 4) is 11.1 Å². The van der Waals surface area contributed by atoms with E-state index in [1.165, 1.54) is 22.1 Å². The van der Waals surface area contributed by atoms with Crippen molar-refractivity contribution in [2.75, 3.05) is 12.3 Å². The second-order valence-electron chi connectivity index (χ2n) is 8.45. The first-order chi connectivity index (χ1) is 18.4. The second-order valence-corrected chi connectivity index (χ2v) is 9.74. The van der Waals surface area contributed by atoms with Crippen LogP contribution in [0, 0.1) is 0 Å². The summed E-state index contributed by atoms with van der Waals surface area (Å²) in [5, 5.41) is 2.73. The molecule has 0 bridgehead atoms. The van der Waals surface area contributed by atoms with Crippen LogP contribution in [-0.2, 0) is 14.2 Å². The van der Waals surface area contributed by atoms with Crippen molar-refractivity contribution in [3.05, 3.63) is 105 Å². The highest BCUT2D eigenvalue weighted by Gasteiger charge is 2.48. The number of hydrogen-bond donors (Lipinski definition) is 1. The first-order valence-electron chi connectivity index (χ1n) is 11.6. The van der Waals surface area contributed by atoms with E-state index in [9.17, 15) is 14.4 Å². The maximum atomic E-state index is 12.9. The molecule has 0 spiro atoms. The number of benzene rings is 2. The smallest absolute Gasteiger partial charge is 0.351 e. The number of esters is 2. The molecule has 194 valence electrons. The van der Waals surface area contributed by atoms with Gasteiger partial charge in [-0.15, -0.1) is 11.6 Å². The van der Waals surface area contributed by atoms with E-state index >= 15 is 0 Å². The lowest BCUT2D eigenvalue weighted by Gasteiger charge is -2.20. The maximum absolute atomic E-state index is 12.9. The predicted molar refractivity (Wildman–Crippen MR) is 142 cm³/mol. The lowest BCUT2D eigenvalue weighted by atomic mass is 10.1. The molecule has 1 aliphatic heterocycles. The average molecular weight is 552 g/mol. The number of nitrogen functional groups attached to an aromatic ring is 1. The molecule has 0 saturated carbocycles. The first kappa shape index (κ1) is 25.7. The van der Waals surface area contributed by atoms with Crippen molar-refractivity contribution in [1.29, 1.82) is 0 Å². The van der Waals surface area contributed by atoms with Gasteiger partial charge in [0, 0.05) is 11.8 Å². The summed E-state index contributed by atoms with van der Waals surface area (Å²) in [6.45, 7) is -0.269. The van der Waals surface area contributed by atoms with E-state index in [1.807, 2.05) is 16.8 Å². The zero-order valence-corrected chi connectivity index (χ0v) is 21.4. The van der Waals surface area contributed by atoms with Crippen molar-refractivity contribution in [2.45, 2.75) is 23.8 Å². The van der Waals surface area contributed by atoms with Crippen LogP contribution in [0.1, 0.15) is 26.9 Å². The van der Waals surface area contributed by atoms with Gasteiger partial charge in [0.2, 0.25) is 0 Å². The summed E-state index contributed by atoms with van der Waals surface area (Å²) in [6, 6.07) is 18.7. The standard InChI is InChI=1S/C27H22ClN3O6S/c28-21-22(37-26(33)17-9-5-2-6-10-17)20(14-35-25(32)16-7-3-1-4-8-16)36-24(21)31-13-19(18-11-12-38-15-18)23(29)30-27(31)34/h1-13,15,20-22,24H,14H2,(H2,29,30,34)/t20-,21-,22-,24-/m1/s1. The number of halogens is 1. The van der Waals surface area contributed by atoms with Gasteiger partial charge in [-0.1, -0.05) is 36.4 Å². The van der Waals surface area contributed by atoms with Crippen LogP contribution < -0.4 is 11.4 Å². The highest BCUT2D eigenvalue weighted by Crippen LogP contribution is 2.36. The largest absolute Gasteiger partial charge is 0.459 e. The number of alkyl halides is 1. The average Bonchev–Trinajstić information content (AvgIpc) is 3.57. The predicted octanol–water partition coefficient (Wildman–Crippen LogP) is 4.14.